The van der Waals surface area contributed by atoms with Crippen LogP contribution in [0.15, 0.2) is 36.4 Å². The third-order valence-corrected chi connectivity index (χ3v) is 3.36. The lowest BCUT2D eigenvalue weighted by Gasteiger charge is -2.21. The summed E-state index contributed by atoms with van der Waals surface area (Å²) in [6.45, 7) is 1.12. The lowest BCUT2D eigenvalue weighted by atomic mass is 10.2. The largest absolute Gasteiger partial charge is 0.486 e. The second kappa shape index (κ2) is 5.44. The number of nitrogens with one attached hydrogen (secondary N) is 1. The van der Waals surface area contributed by atoms with E-state index >= 15 is 0 Å². The first kappa shape index (κ1) is 13.4. The molecule has 0 radical (unpaired) electrons. The Morgan fingerprint density at radius 3 is 2.48 bits per heavy atom. The van der Waals surface area contributed by atoms with Crippen LogP contribution in [0.5, 0.6) is 11.5 Å². The van der Waals surface area contributed by atoms with E-state index in [9.17, 15) is 0 Å². The lowest BCUT2D eigenvalue weighted by Crippen LogP contribution is -2.15. The molecule has 110 valence electrons. The minimum Gasteiger partial charge on any atom is -0.486 e. The highest BCUT2D eigenvalue weighted by molar-refractivity contribution is 5.77. The van der Waals surface area contributed by atoms with Crippen molar-refractivity contribution in [3.05, 3.63) is 36.4 Å². The average molecular weight is 285 g/mol. The maximum absolute atomic E-state index is 6.08. The minimum atomic E-state index is 0.560. The zero-order valence-electron chi connectivity index (χ0n) is 12.2. The van der Waals surface area contributed by atoms with Crippen molar-refractivity contribution < 1.29 is 9.47 Å². The Kier molecular flexibility index (Phi) is 3.48. The van der Waals surface area contributed by atoms with Gasteiger partial charge >= 0.3 is 0 Å². The predicted molar refractivity (Wildman–Crippen MR) is 85.9 cm³/mol. The Balaban J connectivity index is 1.89. The van der Waals surface area contributed by atoms with Crippen LogP contribution in [0.4, 0.5) is 22.7 Å². The zero-order chi connectivity index (χ0) is 14.8. The Morgan fingerprint density at radius 1 is 1.05 bits per heavy atom. The van der Waals surface area contributed by atoms with Crippen molar-refractivity contribution in [2.75, 3.05) is 43.3 Å². The lowest BCUT2D eigenvalue weighted by molar-refractivity contribution is 0.172. The van der Waals surface area contributed by atoms with E-state index in [0.29, 0.717) is 24.7 Å². The van der Waals surface area contributed by atoms with Crippen LogP contribution in [0, 0.1) is 0 Å². The number of rotatable bonds is 3. The molecule has 0 amide bonds. The molecule has 0 aromatic heterocycles. The minimum absolute atomic E-state index is 0.560. The van der Waals surface area contributed by atoms with E-state index in [0.717, 1.165) is 22.8 Å². The van der Waals surface area contributed by atoms with Crippen molar-refractivity contribution in [1.82, 2.24) is 0 Å². The molecular weight excluding hydrogens is 266 g/mol. The molecule has 1 aliphatic rings. The Labute approximate surface area is 124 Å². The van der Waals surface area contributed by atoms with Crippen LogP contribution < -0.4 is 25.4 Å². The van der Waals surface area contributed by atoms with Gasteiger partial charge in [-0.15, -0.1) is 0 Å². The van der Waals surface area contributed by atoms with Gasteiger partial charge in [0.1, 0.15) is 13.2 Å². The van der Waals surface area contributed by atoms with E-state index in [1.807, 2.05) is 32.3 Å². The molecule has 0 aliphatic carbocycles. The Morgan fingerprint density at radius 2 is 1.76 bits per heavy atom. The molecule has 1 aliphatic heterocycles. The maximum Gasteiger partial charge on any atom is 0.163 e. The highest BCUT2D eigenvalue weighted by atomic mass is 16.6. The number of benzene rings is 2. The number of nitrogen functional groups attached to an aromatic ring is 1. The van der Waals surface area contributed by atoms with Crippen LogP contribution >= 0.6 is 0 Å². The summed E-state index contributed by atoms with van der Waals surface area (Å²) in [6, 6.07) is 11.8. The third kappa shape index (κ3) is 2.81. The van der Waals surface area contributed by atoms with Gasteiger partial charge in [0, 0.05) is 37.6 Å². The van der Waals surface area contributed by atoms with Crippen LogP contribution in [0.2, 0.25) is 0 Å². The first-order valence-corrected chi connectivity index (χ1v) is 6.87. The Bertz CT molecular complexity index is 656. The normalized spacial score (nSPS) is 12.9. The summed E-state index contributed by atoms with van der Waals surface area (Å²) in [6.07, 6.45) is 0. The number of hydrogen-bond acceptors (Lipinski definition) is 5. The molecule has 5 heteroatoms. The first-order valence-electron chi connectivity index (χ1n) is 6.87. The van der Waals surface area contributed by atoms with Gasteiger partial charge in [-0.05, 0) is 18.2 Å². The Hall–Kier alpha value is -2.56. The third-order valence-electron chi connectivity index (χ3n) is 3.36. The number of anilines is 4. The van der Waals surface area contributed by atoms with Crippen molar-refractivity contribution >= 4 is 22.7 Å². The highest BCUT2D eigenvalue weighted by Crippen LogP contribution is 2.38. The van der Waals surface area contributed by atoms with Gasteiger partial charge in [0.25, 0.3) is 0 Å². The highest BCUT2D eigenvalue weighted by Gasteiger charge is 2.14. The topological polar surface area (TPSA) is 59.8 Å². The van der Waals surface area contributed by atoms with Gasteiger partial charge in [0.05, 0.1) is 11.4 Å². The monoisotopic (exact) mass is 285 g/mol. The molecule has 3 rings (SSSR count). The summed E-state index contributed by atoms with van der Waals surface area (Å²) >= 11 is 0. The van der Waals surface area contributed by atoms with E-state index in [4.69, 9.17) is 15.2 Å². The second-order valence-electron chi connectivity index (χ2n) is 5.15. The number of nitrogens with zero attached hydrogens (tertiary/aromatic N) is 1. The van der Waals surface area contributed by atoms with Crippen molar-refractivity contribution in [1.29, 1.82) is 0 Å². The van der Waals surface area contributed by atoms with E-state index in [1.54, 1.807) is 6.07 Å². The van der Waals surface area contributed by atoms with Gasteiger partial charge in [0.2, 0.25) is 0 Å². The molecule has 0 spiro atoms. The summed E-state index contributed by atoms with van der Waals surface area (Å²) in [4.78, 5) is 2.05. The van der Waals surface area contributed by atoms with Gasteiger partial charge in [-0.1, -0.05) is 6.07 Å². The smallest absolute Gasteiger partial charge is 0.163 e. The predicted octanol–water partition coefficient (Wildman–Crippen LogP) is 2.85. The number of fused-ring (bicyclic) bond motifs is 1. The number of nitrogens with two attached hydrogens (primary N) is 1. The van der Waals surface area contributed by atoms with Crippen LogP contribution in [0.25, 0.3) is 0 Å². The standard InChI is InChI=1S/C16H19N3O2/c1-19(2)12-5-3-4-11(8-12)18-14-10-16-15(9-13(14)17)20-6-7-21-16/h3-5,8-10,18H,6-7,17H2,1-2H3. The van der Waals surface area contributed by atoms with Crippen LogP contribution in [0.1, 0.15) is 0 Å². The molecule has 0 bridgehead atoms. The summed E-state index contributed by atoms with van der Waals surface area (Å²) in [5.41, 5.74) is 9.63. The summed E-state index contributed by atoms with van der Waals surface area (Å²) in [7, 11) is 4.02. The fourth-order valence-electron chi connectivity index (χ4n) is 2.23. The fourth-order valence-corrected chi connectivity index (χ4v) is 2.23. The van der Waals surface area contributed by atoms with Gasteiger partial charge in [0.15, 0.2) is 11.5 Å². The van der Waals surface area contributed by atoms with Gasteiger partial charge in [-0.3, -0.25) is 0 Å². The second-order valence-corrected chi connectivity index (χ2v) is 5.15. The molecule has 2 aromatic carbocycles. The van der Waals surface area contributed by atoms with Crippen LogP contribution in [-0.4, -0.2) is 27.3 Å². The van der Waals surface area contributed by atoms with Crippen molar-refractivity contribution in [2.45, 2.75) is 0 Å². The van der Waals surface area contributed by atoms with Gasteiger partial charge in [-0.2, -0.15) is 0 Å². The SMILES string of the molecule is CN(C)c1cccc(Nc2cc3c(cc2N)OCCO3)c1. The van der Waals surface area contributed by atoms with Crippen LogP contribution in [0.3, 0.4) is 0 Å². The summed E-state index contributed by atoms with van der Waals surface area (Å²) in [5, 5.41) is 3.33. The van der Waals surface area contributed by atoms with E-state index < -0.39 is 0 Å². The maximum atomic E-state index is 6.08. The molecule has 0 fully saturated rings. The molecule has 0 unspecified atom stereocenters. The molecule has 2 aromatic rings. The van der Waals surface area contributed by atoms with Gasteiger partial charge in [-0.25, -0.2) is 0 Å². The fraction of sp³-hybridized carbons (Fsp3) is 0.250. The van der Waals surface area contributed by atoms with E-state index in [2.05, 4.69) is 22.3 Å². The van der Waals surface area contributed by atoms with Crippen molar-refractivity contribution in [2.24, 2.45) is 0 Å². The molecule has 0 saturated heterocycles. The quantitative estimate of drug-likeness (QED) is 0.849. The zero-order valence-corrected chi connectivity index (χ0v) is 12.2. The molecule has 21 heavy (non-hydrogen) atoms. The van der Waals surface area contributed by atoms with E-state index in [1.165, 1.54) is 0 Å². The van der Waals surface area contributed by atoms with Crippen LogP contribution in [-0.2, 0) is 0 Å². The van der Waals surface area contributed by atoms with Crippen molar-refractivity contribution in [3.63, 3.8) is 0 Å². The summed E-state index contributed by atoms with van der Waals surface area (Å²) in [5.74, 6) is 1.42. The molecule has 5 nitrogen and oxygen atoms in total. The molecule has 0 atom stereocenters. The average Bonchev–Trinajstić information content (AvgIpc) is 2.48. The first-order chi connectivity index (χ1) is 10.1. The molecule has 0 saturated carbocycles. The molecule has 1 heterocycles. The van der Waals surface area contributed by atoms with Gasteiger partial charge < -0.3 is 25.4 Å². The van der Waals surface area contributed by atoms with Crippen molar-refractivity contribution in [3.8, 4) is 11.5 Å². The van der Waals surface area contributed by atoms with E-state index in [-0.39, 0.29) is 0 Å². The number of hydrogen-bond donors (Lipinski definition) is 2. The molecule has 3 N–H and O–H groups in total. The number of ether oxygens (including phenoxy) is 2. The summed E-state index contributed by atoms with van der Waals surface area (Å²) < 4.78 is 11.1. The molecular formula is C16H19N3O2.